The minimum atomic E-state index is -0.0941. The molecule has 0 bridgehead atoms. The smallest absolute Gasteiger partial charge is 0.251 e. The monoisotopic (exact) mass is 301 g/mol. The van der Waals surface area contributed by atoms with E-state index in [1.165, 1.54) is 0 Å². The molecule has 0 spiro atoms. The van der Waals surface area contributed by atoms with E-state index in [0.717, 1.165) is 26.3 Å². The number of carbonyl (C=O) groups excluding carboxylic acids is 1. The number of carbonyl (C=O) groups is 1. The molecule has 22 heavy (non-hydrogen) atoms. The lowest BCUT2D eigenvalue weighted by atomic mass is 10.0. The van der Waals surface area contributed by atoms with E-state index in [1.807, 2.05) is 0 Å². The summed E-state index contributed by atoms with van der Waals surface area (Å²) >= 11 is 0. The van der Waals surface area contributed by atoms with Crippen LogP contribution in [0.3, 0.4) is 0 Å². The van der Waals surface area contributed by atoms with E-state index in [0.29, 0.717) is 29.6 Å². The molecular formula is C17H23N3O2. The summed E-state index contributed by atoms with van der Waals surface area (Å²) in [6.45, 7) is 8.31. The molecule has 118 valence electrons. The molecule has 1 aliphatic heterocycles. The molecule has 1 N–H and O–H groups in total. The summed E-state index contributed by atoms with van der Waals surface area (Å²) in [7, 11) is 0. The number of benzene rings is 1. The molecule has 1 amide bonds. The Morgan fingerprint density at radius 2 is 1.95 bits per heavy atom. The van der Waals surface area contributed by atoms with Crippen LogP contribution in [-0.4, -0.2) is 49.7 Å². The number of nitriles is 1. The van der Waals surface area contributed by atoms with E-state index in [1.54, 1.807) is 24.3 Å². The largest absolute Gasteiger partial charge is 0.379 e. The van der Waals surface area contributed by atoms with Gasteiger partial charge in [0.05, 0.1) is 24.8 Å². The number of ether oxygens (including phenoxy) is 1. The third kappa shape index (κ3) is 4.30. The molecule has 1 aliphatic rings. The number of rotatable bonds is 5. The topological polar surface area (TPSA) is 65.4 Å². The highest BCUT2D eigenvalue weighted by Crippen LogP contribution is 2.12. The molecule has 1 saturated heterocycles. The minimum absolute atomic E-state index is 0.0941. The number of hydrogen-bond acceptors (Lipinski definition) is 4. The third-order valence-electron chi connectivity index (χ3n) is 4.03. The first-order valence-electron chi connectivity index (χ1n) is 7.72. The van der Waals surface area contributed by atoms with Crippen molar-refractivity contribution >= 4 is 5.91 Å². The van der Waals surface area contributed by atoms with E-state index in [2.05, 4.69) is 30.1 Å². The van der Waals surface area contributed by atoms with E-state index >= 15 is 0 Å². The van der Waals surface area contributed by atoms with Crippen LogP contribution in [0.15, 0.2) is 24.3 Å². The van der Waals surface area contributed by atoms with Crippen molar-refractivity contribution in [2.45, 2.75) is 19.9 Å². The van der Waals surface area contributed by atoms with Crippen molar-refractivity contribution in [2.75, 3.05) is 32.8 Å². The normalized spacial score (nSPS) is 17.0. The lowest BCUT2D eigenvalue weighted by Gasteiger charge is -2.36. The van der Waals surface area contributed by atoms with Gasteiger partial charge in [-0.2, -0.15) is 5.26 Å². The van der Waals surface area contributed by atoms with Crippen LogP contribution in [0.2, 0.25) is 0 Å². The van der Waals surface area contributed by atoms with Crippen LogP contribution in [0.1, 0.15) is 29.8 Å². The summed E-state index contributed by atoms with van der Waals surface area (Å²) < 4.78 is 5.39. The highest BCUT2D eigenvalue weighted by atomic mass is 16.5. The van der Waals surface area contributed by atoms with Gasteiger partial charge in [0, 0.05) is 31.2 Å². The molecular weight excluding hydrogens is 278 g/mol. The summed E-state index contributed by atoms with van der Waals surface area (Å²) in [6, 6.07) is 9.06. The van der Waals surface area contributed by atoms with Crippen molar-refractivity contribution in [3.63, 3.8) is 0 Å². The molecule has 0 unspecified atom stereocenters. The third-order valence-corrected chi connectivity index (χ3v) is 4.03. The highest BCUT2D eigenvalue weighted by molar-refractivity contribution is 5.94. The van der Waals surface area contributed by atoms with Crippen LogP contribution in [-0.2, 0) is 4.74 Å². The zero-order valence-electron chi connectivity index (χ0n) is 13.2. The summed E-state index contributed by atoms with van der Waals surface area (Å²) in [5, 5.41) is 11.8. The number of morpholine rings is 1. The maximum absolute atomic E-state index is 12.2. The number of amides is 1. The van der Waals surface area contributed by atoms with E-state index in [9.17, 15) is 4.79 Å². The second-order valence-corrected chi connectivity index (χ2v) is 5.86. The molecule has 0 saturated carbocycles. The molecule has 1 atom stereocenters. The first-order valence-corrected chi connectivity index (χ1v) is 7.72. The standard InChI is InChI=1S/C17H23N3O2/c1-13(2)16(20-7-9-22-10-8-20)12-19-17(21)15-5-3-14(11-18)4-6-15/h3-6,13,16H,7-10,12H2,1-2H3,(H,19,21)/t16-/m0/s1. The van der Waals surface area contributed by atoms with Gasteiger partial charge in [-0.05, 0) is 30.2 Å². The average molecular weight is 301 g/mol. The Bertz CT molecular complexity index is 528. The van der Waals surface area contributed by atoms with Gasteiger partial charge >= 0.3 is 0 Å². The van der Waals surface area contributed by atoms with E-state index in [4.69, 9.17) is 10.00 Å². The average Bonchev–Trinajstić information content (AvgIpc) is 2.55. The van der Waals surface area contributed by atoms with Crippen molar-refractivity contribution in [3.05, 3.63) is 35.4 Å². The van der Waals surface area contributed by atoms with Gasteiger partial charge in [0.15, 0.2) is 0 Å². The summed E-state index contributed by atoms with van der Waals surface area (Å²) in [5.41, 5.74) is 1.15. The zero-order chi connectivity index (χ0) is 15.9. The Labute approximate surface area is 131 Å². The van der Waals surface area contributed by atoms with Gasteiger partial charge in [-0.1, -0.05) is 13.8 Å². The molecule has 1 fully saturated rings. The molecule has 0 aromatic heterocycles. The maximum Gasteiger partial charge on any atom is 0.251 e. The van der Waals surface area contributed by atoms with Crippen molar-refractivity contribution in [3.8, 4) is 6.07 Å². The zero-order valence-corrected chi connectivity index (χ0v) is 13.2. The first kappa shape index (κ1) is 16.5. The van der Waals surface area contributed by atoms with Gasteiger partial charge in [0.25, 0.3) is 5.91 Å². The fraction of sp³-hybridized carbons (Fsp3) is 0.529. The Kier molecular flexibility index (Phi) is 5.93. The van der Waals surface area contributed by atoms with Gasteiger partial charge in [-0.15, -0.1) is 0 Å². The number of nitrogens with zero attached hydrogens (tertiary/aromatic N) is 2. The van der Waals surface area contributed by atoms with Crippen LogP contribution in [0.25, 0.3) is 0 Å². The van der Waals surface area contributed by atoms with Crippen LogP contribution >= 0.6 is 0 Å². The first-order chi connectivity index (χ1) is 10.6. The predicted octanol–water partition coefficient (Wildman–Crippen LogP) is 1.64. The Morgan fingerprint density at radius 1 is 1.32 bits per heavy atom. The van der Waals surface area contributed by atoms with Crippen molar-refractivity contribution in [1.29, 1.82) is 5.26 Å². The maximum atomic E-state index is 12.2. The second-order valence-electron chi connectivity index (χ2n) is 5.86. The van der Waals surface area contributed by atoms with Gasteiger partial charge in [0.1, 0.15) is 0 Å². The Balaban J connectivity index is 1.93. The molecule has 5 nitrogen and oxygen atoms in total. The minimum Gasteiger partial charge on any atom is -0.379 e. The number of hydrogen-bond donors (Lipinski definition) is 1. The van der Waals surface area contributed by atoms with Gasteiger partial charge in [-0.25, -0.2) is 0 Å². The quantitative estimate of drug-likeness (QED) is 0.898. The summed E-state index contributed by atoms with van der Waals surface area (Å²) in [6.07, 6.45) is 0. The van der Waals surface area contributed by atoms with Crippen molar-refractivity contribution in [2.24, 2.45) is 5.92 Å². The molecule has 2 rings (SSSR count). The van der Waals surface area contributed by atoms with Crippen LogP contribution in [0.4, 0.5) is 0 Å². The van der Waals surface area contributed by atoms with E-state index < -0.39 is 0 Å². The van der Waals surface area contributed by atoms with Gasteiger partial charge < -0.3 is 10.1 Å². The lowest BCUT2D eigenvalue weighted by Crippen LogP contribution is -2.51. The lowest BCUT2D eigenvalue weighted by molar-refractivity contribution is 0.00673. The molecule has 0 aliphatic carbocycles. The highest BCUT2D eigenvalue weighted by Gasteiger charge is 2.24. The molecule has 1 heterocycles. The van der Waals surface area contributed by atoms with Gasteiger partial charge in [0.2, 0.25) is 0 Å². The fourth-order valence-corrected chi connectivity index (χ4v) is 2.69. The summed E-state index contributed by atoms with van der Waals surface area (Å²) in [5.74, 6) is 0.364. The Hall–Kier alpha value is -1.90. The van der Waals surface area contributed by atoms with Crippen molar-refractivity contribution < 1.29 is 9.53 Å². The second kappa shape index (κ2) is 7.92. The molecule has 0 radical (unpaired) electrons. The SMILES string of the molecule is CC(C)[C@H](CNC(=O)c1ccc(C#N)cc1)N1CCOCC1. The molecule has 1 aromatic rings. The van der Waals surface area contributed by atoms with Gasteiger partial charge in [-0.3, -0.25) is 9.69 Å². The molecule has 5 heteroatoms. The summed E-state index contributed by atoms with van der Waals surface area (Å²) in [4.78, 5) is 14.6. The van der Waals surface area contributed by atoms with Crippen LogP contribution < -0.4 is 5.32 Å². The Morgan fingerprint density at radius 3 is 2.50 bits per heavy atom. The number of nitrogens with one attached hydrogen (secondary N) is 1. The fourth-order valence-electron chi connectivity index (χ4n) is 2.69. The van der Waals surface area contributed by atoms with Crippen LogP contribution in [0.5, 0.6) is 0 Å². The predicted molar refractivity (Wildman–Crippen MR) is 84.5 cm³/mol. The molecule has 1 aromatic carbocycles. The van der Waals surface area contributed by atoms with E-state index in [-0.39, 0.29) is 5.91 Å². The van der Waals surface area contributed by atoms with Crippen LogP contribution in [0, 0.1) is 17.2 Å². The van der Waals surface area contributed by atoms with Crippen molar-refractivity contribution in [1.82, 2.24) is 10.2 Å².